The summed E-state index contributed by atoms with van der Waals surface area (Å²) in [4.78, 5) is 22.2. The summed E-state index contributed by atoms with van der Waals surface area (Å²) in [5.74, 6) is -1.82. The van der Waals surface area contributed by atoms with Crippen LogP contribution in [0, 0.1) is 5.82 Å². The second-order valence-electron chi connectivity index (χ2n) is 9.35. The standard InChI is InChI=1S/C23H27F4N5O2/c1-22(2)11-14(9-15-5-4-8-32(15)22)29-19-18(24)12-28-21(31-19)30-13-6-7-16(20(33)34-3)17(10-13)23(25,26)27/h6-7,10,12,14-15H,4-5,8-9,11H2,1-3H3,(H2,28,29,30,31)/t14-,15+/m1/s1. The number of aromatic nitrogens is 2. The van der Waals surface area contributed by atoms with Gasteiger partial charge in [0.15, 0.2) is 11.6 Å². The van der Waals surface area contributed by atoms with Crippen LogP contribution in [-0.4, -0.2) is 52.1 Å². The highest BCUT2D eigenvalue weighted by atomic mass is 19.4. The number of ether oxygens (including phenoxy) is 1. The van der Waals surface area contributed by atoms with E-state index in [0.29, 0.717) is 6.04 Å². The van der Waals surface area contributed by atoms with Gasteiger partial charge in [-0.3, -0.25) is 4.90 Å². The number of carbonyl (C=O) groups is 1. The second-order valence-corrected chi connectivity index (χ2v) is 9.35. The van der Waals surface area contributed by atoms with Crippen LogP contribution >= 0.6 is 0 Å². The number of anilines is 3. The molecule has 2 fully saturated rings. The highest BCUT2D eigenvalue weighted by molar-refractivity contribution is 5.92. The van der Waals surface area contributed by atoms with Crippen molar-refractivity contribution in [3.05, 3.63) is 41.3 Å². The number of halogens is 4. The molecule has 3 heterocycles. The van der Waals surface area contributed by atoms with Gasteiger partial charge in [-0.2, -0.15) is 18.2 Å². The lowest BCUT2D eigenvalue weighted by atomic mass is 9.84. The highest BCUT2D eigenvalue weighted by Gasteiger charge is 2.43. The predicted molar refractivity (Wildman–Crippen MR) is 119 cm³/mol. The van der Waals surface area contributed by atoms with Gasteiger partial charge in [-0.15, -0.1) is 0 Å². The van der Waals surface area contributed by atoms with Gasteiger partial charge in [0.05, 0.1) is 24.4 Å². The van der Waals surface area contributed by atoms with Crippen LogP contribution in [0.25, 0.3) is 0 Å². The van der Waals surface area contributed by atoms with E-state index in [-0.39, 0.29) is 29.0 Å². The van der Waals surface area contributed by atoms with Crippen LogP contribution in [0.1, 0.15) is 55.5 Å². The third kappa shape index (κ3) is 4.94. The monoisotopic (exact) mass is 481 g/mol. The van der Waals surface area contributed by atoms with Crippen LogP contribution < -0.4 is 10.6 Å². The first kappa shape index (κ1) is 24.2. The zero-order valence-electron chi connectivity index (χ0n) is 19.2. The molecule has 2 atom stereocenters. The van der Waals surface area contributed by atoms with Gasteiger partial charge in [-0.25, -0.2) is 14.2 Å². The molecule has 2 N–H and O–H groups in total. The number of fused-ring (bicyclic) bond motifs is 1. The van der Waals surface area contributed by atoms with Crippen LogP contribution in [-0.2, 0) is 10.9 Å². The molecule has 11 heteroatoms. The molecule has 184 valence electrons. The number of carbonyl (C=O) groups excluding carboxylic acids is 1. The van der Waals surface area contributed by atoms with Crippen molar-refractivity contribution in [2.24, 2.45) is 0 Å². The number of piperidine rings is 1. The summed E-state index contributed by atoms with van der Waals surface area (Å²) in [5, 5.41) is 5.85. The number of nitrogens with zero attached hydrogens (tertiary/aromatic N) is 3. The fourth-order valence-electron chi connectivity index (χ4n) is 5.12. The number of benzene rings is 1. The van der Waals surface area contributed by atoms with Crippen molar-refractivity contribution in [3.63, 3.8) is 0 Å². The van der Waals surface area contributed by atoms with Gasteiger partial charge in [-0.05, 0) is 64.3 Å². The van der Waals surface area contributed by atoms with Gasteiger partial charge in [0.2, 0.25) is 5.95 Å². The SMILES string of the molecule is COC(=O)c1ccc(Nc2ncc(F)c(N[C@@H]3C[C@@H]4CCCN4C(C)(C)C3)n2)cc1C(F)(F)F. The molecular formula is C23H27F4N5O2. The average Bonchev–Trinajstić information content (AvgIpc) is 3.24. The molecular weight excluding hydrogens is 454 g/mol. The van der Waals surface area contributed by atoms with E-state index in [9.17, 15) is 22.4 Å². The average molecular weight is 481 g/mol. The Balaban J connectivity index is 1.54. The number of hydrogen-bond acceptors (Lipinski definition) is 7. The molecule has 0 unspecified atom stereocenters. The van der Waals surface area contributed by atoms with E-state index >= 15 is 0 Å². The summed E-state index contributed by atoms with van der Waals surface area (Å²) in [6.45, 7) is 5.42. The van der Waals surface area contributed by atoms with Gasteiger partial charge >= 0.3 is 12.1 Å². The molecule has 0 radical (unpaired) electrons. The first-order valence-electron chi connectivity index (χ1n) is 11.1. The summed E-state index contributed by atoms with van der Waals surface area (Å²) < 4.78 is 59.3. The molecule has 4 rings (SSSR count). The lowest BCUT2D eigenvalue weighted by Crippen LogP contribution is -2.55. The second kappa shape index (κ2) is 9.01. The van der Waals surface area contributed by atoms with Gasteiger partial charge in [-0.1, -0.05) is 0 Å². The minimum atomic E-state index is -4.78. The number of methoxy groups -OCH3 is 1. The molecule has 1 aromatic heterocycles. The molecule has 7 nitrogen and oxygen atoms in total. The van der Waals surface area contributed by atoms with Crippen LogP contribution in [0.15, 0.2) is 24.4 Å². The Kier molecular flexibility index (Phi) is 6.41. The van der Waals surface area contributed by atoms with E-state index in [1.54, 1.807) is 0 Å². The maximum absolute atomic E-state index is 14.5. The topological polar surface area (TPSA) is 79.4 Å². The molecule has 34 heavy (non-hydrogen) atoms. The summed E-state index contributed by atoms with van der Waals surface area (Å²) in [5.41, 5.74) is -1.80. The Morgan fingerprint density at radius 3 is 2.76 bits per heavy atom. The maximum Gasteiger partial charge on any atom is 0.417 e. The van der Waals surface area contributed by atoms with Crippen molar-refractivity contribution in [3.8, 4) is 0 Å². The minimum Gasteiger partial charge on any atom is -0.465 e. The van der Waals surface area contributed by atoms with Crippen molar-refractivity contribution in [1.82, 2.24) is 14.9 Å². The third-order valence-electron chi connectivity index (χ3n) is 6.53. The first-order chi connectivity index (χ1) is 16.0. The van der Waals surface area contributed by atoms with Crippen molar-refractivity contribution >= 4 is 23.4 Å². The number of rotatable bonds is 5. The first-order valence-corrected chi connectivity index (χ1v) is 11.1. The Bertz CT molecular complexity index is 1080. The third-order valence-corrected chi connectivity index (χ3v) is 6.53. The van der Waals surface area contributed by atoms with Crippen molar-refractivity contribution in [1.29, 1.82) is 0 Å². The number of hydrogen-bond donors (Lipinski definition) is 2. The molecule has 0 aliphatic carbocycles. The fraction of sp³-hybridized carbons (Fsp3) is 0.522. The zero-order chi connectivity index (χ0) is 24.7. The molecule has 0 amide bonds. The quantitative estimate of drug-likeness (QED) is 0.461. The molecule has 0 bridgehead atoms. The predicted octanol–water partition coefficient (Wildman–Crippen LogP) is 4.98. The van der Waals surface area contributed by atoms with Gasteiger partial charge in [0.1, 0.15) is 0 Å². The maximum atomic E-state index is 14.5. The smallest absolute Gasteiger partial charge is 0.417 e. The zero-order valence-corrected chi connectivity index (χ0v) is 19.2. The molecule has 1 aromatic carbocycles. The van der Waals surface area contributed by atoms with Gasteiger partial charge < -0.3 is 15.4 Å². The van der Waals surface area contributed by atoms with E-state index in [2.05, 4.69) is 44.1 Å². The minimum absolute atomic E-state index is 0.00191. The van der Waals surface area contributed by atoms with Crippen molar-refractivity contribution < 1.29 is 27.1 Å². The summed E-state index contributed by atoms with van der Waals surface area (Å²) in [6, 6.07) is 3.49. The Hall–Kier alpha value is -2.95. The van der Waals surface area contributed by atoms with Gasteiger partial charge in [0.25, 0.3) is 0 Å². The number of nitrogens with one attached hydrogen (secondary N) is 2. The van der Waals surface area contributed by atoms with Crippen LogP contribution in [0.5, 0.6) is 0 Å². The largest absolute Gasteiger partial charge is 0.465 e. The van der Waals surface area contributed by atoms with Gasteiger partial charge in [0, 0.05) is 23.3 Å². The summed E-state index contributed by atoms with van der Waals surface area (Å²) >= 11 is 0. The van der Waals surface area contributed by atoms with E-state index in [1.165, 1.54) is 6.07 Å². The number of alkyl halides is 3. The molecule has 2 aliphatic rings. The normalized spacial score (nSPS) is 22.2. The Morgan fingerprint density at radius 2 is 2.06 bits per heavy atom. The number of esters is 1. The van der Waals surface area contributed by atoms with Crippen molar-refractivity contribution in [2.75, 3.05) is 24.3 Å². The van der Waals surface area contributed by atoms with E-state index in [4.69, 9.17) is 0 Å². The molecule has 2 aromatic rings. The van der Waals surface area contributed by atoms with E-state index in [0.717, 1.165) is 57.7 Å². The summed E-state index contributed by atoms with van der Waals surface area (Å²) in [6.07, 6.45) is 0.106. The lowest BCUT2D eigenvalue weighted by molar-refractivity contribution is -0.138. The Morgan fingerprint density at radius 1 is 1.29 bits per heavy atom. The van der Waals surface area contributed by atoms with E-state index < -0.39 is 29.1 Å². The molecule has 2 aliphatic heterocycles. The van der Waals surface area contributed by atoms with E-state index in [1.807, 2.05) is 0 Å². The fourth-order valence-corrected chi connectivity index (χ4v) is 5.12. The molecule has 0 saturated carbocycles. The van der Waals surface area contributed by atoms with Crippen molar-refractivity contribution in [2.45, 2.75) is 63.3 Å². The Labute approximate surface area is 194 Å². The molecule has 2 saturated heterocycles. The van der Waals surface area contributed by atoms with Crippen LogP contribution in [0.4, 0.5) is 35.0 Å². The highest BCUT2D eigenvalue weighted by Crippen LogP contribution is 2.39. The lowest BCUT2D eigenvalue weighted by Gasteiger charge is -2.47. The summed E-state index contributed by atoms with van der Waals surface area (Å²) in [7, 11) is 1.01. The molecule has 0 spiro atoms. The van der Waals surface area contributed by atoms with Crippen LogP contribution in [0.2, 0.25) is 0 Å². The van der Waals surface area contributed by atoms with Crippen LogP contribution in [0.3, 0.4) is 0 Å².